The summed E-state index contributed by atoms with van der Waals surface area (Å²) in [5, 5.41) is 4.51. The zero-order valence-electron chi connectivity index (χ0n) is 14.7. The van der Waals surface area contributed by atoms with E-state index in [4.69, 9.17) is 4.84 Å². The van der Waals surface area contributed by atoms with E-state index in [0.29, 0.717) is 6.61 Å². The largest absolute Gasteiger partial charge is 0.391 e. The molecule has 138 valence electrons. The van der Waals surface area contributed by atoms with Crippen LogP contribution < -0.4 is 0 Å². The lowest BCUT2D eigenvalue weighted by Gasteiger charge is -2.45. The van der Waals surface area contributed by atoms with Crippen LogP contribution in [-0.4, -0.2) is 29.7 Å². The van der Waals surface area contributed by atoms with Crippen molar-refractivity contribution in [3.63, 3.8) is 0 Å². The predicted molar refractivity (Wildman–Crippen MR) is 104 cm³/mol. The van der Waals surface area contributed by atoms with Crippen LogP contribution in [0.2, 0.25) is 0 Å². The van der Waals surface area contributed by atoms with Gasteiger partial charge in [-0.25, -0.2) is 4.39 Å². The Morgan fingerprint density at radius 2 is 1.73 bits per heavy atom. The van der Waals surface area contributed by atoms with Crippen molar-refractivity contribution in [2.75, 3.05) is 13.1 Å². The Morgan fingerprint density at radius 3 is 2.35 bits per heavy atom. The van der Waals surface area contributed by atoms with Gasteiger partial charge in [-0.15, -0.1) is 12.4 Å². The van der Waals surface area contributed by atoms with Crippen LogP contribution in [0.15, 0.2) is 59.8 Å². The summed E-state index contributed by atoms with van der Waals surface area (Å²) < 4.78 is 13.3. The van der Waals surface area contributed by atoms with Crippen LogP contribution >= 0.6 is 12.4 Å². The normalized spacial score (nSPS) is 24.8. The molecule has 5 rings (SSSR count). The summed E-state index contributed by atoms with van der Waals surface area (Å²) in [6.07, 6.45) is 3.67. The molecule has 2 bridgehead atoms. The van der Waals surface area contributed by atoms with E-state index in [1.807, 2.05) is 42.5 Å². The molecule has 26 heavy (non-hydrogen) atoms. The maximum atomic E-state index is 13.3. The number of rotatable bonds is 5. The molecule has 0 saturated carbocycles. The maximum Gasteiger partial charge on any atom is 0.142 e. The number of oxime groups is 1. The van der Waals surface area contributed by atoms with Crippen molar-refractivity contribution < 1.29 is 9.23 Å². The topological polar surface area (TPSA) is 24.8 Å². The van der Waals surface area contributed by atoms with Crippen molar-refractivity contribution in [3.8, 4) is 0 Å². The third-order valence-electron chi connectivity index (χ3n) is 5.34. The van der Waals surface area contributed by atoms with E-state index in [9.17, 15) is 4.39 Å². The van der Waals surface area contributed by atoms with Crippen molar-refractivity contribution in [2.45, 2.75) is 31.9 Å². The number of halogens is 2. The van der Waals surface area contributed by atoms with Crippen LogP contribution in [0.5, 0.6) is 0 Å². The second-order valence-electron chi connectivity index (χ2n) is 6.97. The van der Waals surface area contributed by atoms with Crippen LogP contribution in [0.25, 0.3) is 0 Å². The molecule has 0 aliphatic carbocycles. The van der Waals surface area contributed by atoms with E-state index in [1.165, 1.54) is 25.0 Å². The number of hydrogen-bond acceptors (Lipinski definition) is 3. The summed E-state index contributed by atoms with van der Waals surface area (Å²) in [5.74, 6) is 0.550. The van der Waals surface area contributed by atoms with Gasteiger partial charge in [0.15, 0.2) is 0 Å². The summed E-state index contributed by atoms with van der Waals surface area (Å²) in [7, 11) is 0. The highest BCUT2D eigenvalue weighted by Gasteiger charge is 2.37. The molecule has 0 radical (unpaired) electrons. The minimum atomic E-state index is -0.223. The van der Waals surface area contributed by atoms with Gasteiger partial charge in [-0.05, 0) is 56.0 Å². The monoisotopic (exact) mass is 374 g/mol. The van der Waals surface area contributed by atoms with E-state index in [1.54, 1.807) is 0 Å². The van der Waals surface area contributed by atoms with E-state index in [-0.39, 0.29) is 24.3 Å². The molecule has 0 amide bonds. The molecule has 3 aliphatic heterocycles. The minimum absolute atomic E-state index is 0. The second kappa shape index (κ2) is 8.65. The lowest BCUT2D eigenvalue weighted by atomic mass is 9.80. The summed E-state index contributed by atoms with van der Waals surface area (Å²) in [6.45, 7) is 2.68. The molecule has 0 N–H and O–H groups in total. The Morgan fingerprint density at radius 1 is 1.04 bits per heavy atom. The average Bonchev–Trinajstić information content (AvgIpc) is 2.68. The van der Waals surface area contributed by atoms with Crippen LogP contribution in [0.3, 0.4) is 0 Å². The van der Waals surface area contributed by atoms with Gasteiger partial charge in [-0.1, -0.05) is 47.6 Å². The molecular formula is C21H24ClFN2O. The Kier molecular flexibility index (Phi) is 6.28. The van der Waals surface area contributed by atoms with Gasteiger partial charge in [-0.2, -0.15) is 0 Å². The van der Waals surface area contributed by atoms with Gasteiger partial charge in [0.05, 0.1) is 6.04 Å². The van der Waals surface area contributed by atoms with Gasteiger partial charge in [0.2, 0.25) is 0 Å². The number of hydrogen-bond donors (Lipinski definition) is 0. The minimum Gasteiger partial charge on any atom is -0.391 e. The molecular weight excluding hydrogens is 351 g/mol. The molecule has 3 heterocycles. The zero-order valence-corrected chi connectivity index (χ0v) is 15.5. The zero-order chi connectivity index (χ0) is 17.1. The fraction of sp³-hybridized carbons (Fsp3) is 0.381. The Bertz CT molecular complexity index is 727. The Balaban J connectivity index is 0.00000196. The predicted octanol–water partition coefficient (Wildman–Crippen LogP) is 4.65. The standard InChI is InChI=1S/C21H23FN2O.ClH/c22-19-8-6-18(7-9-19)21(20-14-16-10-12-24(20)13-11-16)23-25-15-17-4-2-1-3-5-17;/h1-9,16,20H,10-15H2;1H. The second-order valence-corrected chi connectivity index (χ2v) is 6.97. The summed E-state index contributed by atoms with van der Waals surface area (Å²) in [6, 6.07) is 16.9. The van der Waals surface area contributed by atoms with Gasteiger partial charge in [0.1, 0.15) is 18.1 Å². The van der Waals surface area contributed by atoms with Gasteiger partial charge >= 0.3 is 0 Å². The van der Waals surface area contributed by atoms with Gasteiger partial charge in [-0.3, -0.25) is 4.90 Å². The number of piperidine rings is 3. The van der Waals surface area contributed by atoms with E-state index in [2.05, 4.69) is 10.1 Å². The van der Waals surface area contributed by atoms with Crippen molar-refractivity contribution in [1.29, 1.82) is 0 Å². The van der Waals surface area contributed by atoms with Crippen LogP contribution in [0.1, 0.15) is 30.4 Å². The molecule has 3 aliphatic rings. The third kappa shape index (κ3) is 4.25. The number of benzene rings is 2. The van der Waals surface area contributed by atoms with E-state index < -0.39 is 0 Å². The van der Waals surface area contributed by atoms with Crippen LogP contribution in [0, 0.1) is 11.7 Å². The molecule has 1 atom stereocenters. The number of fused-ring (bicyclic) bond motifs is 3. The molecule has 3 nitrogen and oxygen atoms in total. The fourth-order valence-electron chi connectivity index (χ4n) is 3.93. The lowest BCUT2D eigenvalue weighted by Crippen LogP contribution is -2.52. The molecule has 2 aromatic rings. The first-order chi connectivity index (χ1) is 12.3. The first-order valence-corrected chi connectivity index (χ1v) is 9.03. The van der Waals surface area contributed by atoms with Crippen molar-refractivity contribution in [2.24, 2.45) is 11.1 Å². The number of nitrogens with zero attached hydrogens (tertiary/aromatic N) is 2. The quantitative estimate of drug-likeness (QED) is 0.562. The molecule has 2 aromatic carbocycles. The van der Waals surface area contributed by atoms with Crippen LogP contribution in [0.4, 0.5) is 4.39 Å². The summed E-state index contributed by atoms with van der Waals surface area (Å²) in [5.41, 5.74) is 2.97. The fourth-order valence-corrected chi connectivity index (χ4v) is 3.93. The van der Waals surface area contributed by atoms with Gasteiger partial charge in [0.25, 0.3) is 0 Å². The first-order valence-electron chi connectivity index (χ1n) is 9.03. The van der Waals surface area contributed by atoms with Crippen molar-refractivity contribution >= 4 is 18.1 Å². The first kappa shape index (κ1) is 18.9. The lowest BCUT2D eigenvalue weighted by molar-refractivity contribution is 0.0762. The molecule has 1 unspecified atom stereocenters. The molecule has 3 saturated heterocycles. The summed E-state index contributed by atoms with van der Waals surface area (Å²) in [4.78, 5) is 8.19. The highest BCUT2D eigenvalue weighted by Crippen LogP contribution is 2.33. The third-order valence-corrected chi connectivity index (χ3v) is 5.34. The van der Waals surface area contributed by atoms with Crippen molar-refractivity contribution in [1.82, 2.24) is 4.90 Å². The highest BCUT2D eigenvalue weighted by molar-refractivity contribution is 6.04. The average molecular weight is 375 g/mol. The van der Waals surface area contributed by atoms with Crippen molar-refractivity contribution in [3.05, 3.63) is 71.5 Å². The molecule has 0 spiro atoms. The summed E-state index contributed by atoms with van der Waals surface area (Å²) >= 11 is 0. The molecule has 5 heteroatoms. The Hall–Kier alpha value is -1.91. The highest BCUT2D eigenvalue weighted by atomic mass is 35.5. The van der Waals surface area contributed by atoms with Gasteiger partial charge < -0.3 is 4.84 Å². The Labute approximate surface area is 160 Å². The molecule has 3 fully saturated rings. The van der Waals surface area contributed by atoms with E-state index in [0.717, 1.165) is 42.3 Å². The molecule has 0 aromatic heterocycles. The smallest absolute Gasteiger partial charge is 0.142 e. The van der Waals surface area contributed by atoms with Crippen LogP contribution in [-0.2, 0) is 11.4 Å². The SMILES string of the molecule is Cl.Fc1ccc(C(=NOCc2ccccc2)C2CC3CCN2CC3)cc1. The van der Waals surface area contributed by atoms with Gasteiger partial charge in [0, 0.05) is 5.56 Å². The van der Waals surface area contributed by atoms with E-state index >= 15 is 0 Å². The maximum absolute atomic E-state index is 13.3.